The number of anilines is 1. The van der Waals surface area contributed by atoms with E-state index in [4.69, 9.17) is 5.73 Å². The number of nitrogen functional groups attached to an aromatic ring is 1. The number of benzene rings is 1. The average molecular weight is 270 g/mol. The molecule has 0 fully saturated rings. The molecule has 19 heavy (non-hydrogen) atoms. The van der Waals surface area contributed by atoms with Crippen molar-refractivity contribution in [1.82, 2.24) is 14.8 Å². The first kappa shape index (κ1) is 13.4. The maximum absolute atomic E-state index is 14.6. The third kappa shape index (κ3) is 2.05. The summed E-state index contributed by atoms with van der Waals surface area (Å²) in [6.07, 6.45) is 1.10. The average Bonchev–Trinajstić information content (AvgIpc) is 2.75. The molecule has 1 heterocycles. The van der Waals surface area contributed by atoms with Crippen LogP contribution in [0.15, 0.2) is 30.6 Å². The first-order valence-corrected chi connectivity index (χ1v) is 5.54. The zero-order chi connectivity index (χ0) is 14.3. The molecule has 2 rings (SSSR count). The van der Waals surface area contributed by atoms with Crippen LogP contribution in [0, 0.1) is 0 Å². The minimum Gasteiger partial charge on any atom is -0.399 e. The molecule has 1 aromatic heterocycles. The van der Waals surface area contributed by atoms with Gasteiger partial charge in [-0.2, -0.15) is 8.78 Å². The number of nitrogens with two attached hydrogens (primary N) is 1. The summed E-state index contributed by atoms with van der Waals surface area (Å²) < 4.78 is 44.2. The summed E-state index contributed by atoms with van der Waals surface area (Å²) in [5.74, 6) is -4.56. The highest BCUT2D eigenvalue weighted by Gasteiger charge is 2.56. The number of alkyl halides is 3. The number of nitrogens with zero attached hydrogens (tertiary/aromatic N) is 3. The van der Waals surface area contributed by atoms with Gasteiger partial charge in [-0.05, 0) is 24.6 Å². The standard InChI is InChI=1S/C12H13F3N4/c1-11(13,8-4-3-5-9(16)6-8)12(14,15)10-18-17-7-19(10)2/h3-7H,16H2,1-2H3. The van der Waals surface area contributed by atoms with Gasteiger partial charge in [0.2, 0.25) is 11.5 Å². The summed E-state index contributed by atoms with van der Waals surface area (Å²) in [4.78, 5) is 0. The van der Waals surface area contributed by atoms with Crippen LogP contribution in [0.25, 0.3) is 0 Å². The Bertz CT molecular complexity index is 592. The monoisotopic (exact) mass is 270 g/mol. The fraction of sp³-hybridized carbons (Fsp3) is 0.333. The lowest BCUT2D eigenvalue weighted by Gasteiger charge is -2.29. The normalized spacial score (nSPS) is 15.2. The lowest BCUT2D eigenvalue weighted by Crippen LogP contribution is -2.39. The molecule has 4 nitrogen and oxygen atoms in total. The van der Waals surface area contributed by atoms with E-state index in [0.29, 0.717) is 0 Å². The van der Waals surface area contributed by atoms with Gasteiger partial charge in [0.25, 0.3) is 0 Å². The van der Waals surface area contributed by atoms with Gasteiger partial charge in [0.1, 0.15) is 6.33 Å². The summed E-state index contributed by atoms with van der Waals surface area (Å²) >= 11 is 0. The van der Waals surface area contributed by atoms with E-state index in [1.165, 1.54) is 31.3 Å². The molecular weight excluding hydrogens is 257 g/mol. The lowest BCUT2D eigenvalue weighted by molar-refractivity contribution is -0.149. The SMILES string of the molecule is Cn1cnnc1C(F)(F)C(C)(F)c1cccc(N)c1. The molecule has 0 aliphatic rings. The van der Waals surface area contributed by atoms with E-state index in [-0.39, 0.29) is 11.3 Å². The molecule has 1 unspecified atom stereocenters. The van der Waals surface area contributed by atoms with Gasteiger partial charge in [0.15, 0.2) is 0 Å². The van der Waals surface area contributed by atoms with Crippen molar-refractivity contribution in [2.24, 2.45) is 7.05 Å². The number of hydrogen-bond acceptors (Lipinski definition) is 3. The minimum absolute atomic E-state index is 0.208. The van der Waals surface area contributed by atoms with Gasteiger partial charge in [-0.25, -0.2) is 4.39 Å². The van der Waals surface area contributed by atoms with Crippen LogP contribution in [-0.4, -0.2) is 14.8 Å². The summed E-state index contributed by atoms with van der Waals surface area (Å²) in [5.41, 5.74) is 2.57. The van der Waals surface area contributed by atoms with E-state index in [0.717, 1.165) is 17.8 Å². The fourth-order valence-corrected chi connectivity index (χ4v) is 1.79. The fourth-order valence-electron chi connectivity index (χ4n) is 1.79. The Hall–Kier alpha value is -2.05. The maximum Gasteiger partial charge on any atom is 0.343 e. The van der Waals surface area contributed by atoms with E-state index in [1.807, 2.05) is 0 Å². The topological polar surface area (TPSA) is 56.7 Å². The maximum atomic E-state index is 14.6. The molecule has 0 saturated heterocycles. The van der Waals surface area contributed by atoms with Gasteiger partial charge in [-0.15, -0.1) is 10.2 Å². The number of aryl methyl sites for hydroxylation is 1. The Labute approximate surface area is 108 Å². The van der Waals surface area contributed by atoms with Crippen LogP contribution >= 0.6 is 0 Å². The van der Waals surface area contributed by atoms with Crippen LogP contribution in [0.5, 0.6) is 0 Å². The van der Waals surface area contributed by atoms with Gasteiger partial charge < -0.3 is 10.3 Å². The van der Waals surface area contributed by atoms with E-state index in [2.05, 4.69) is 10.2 Å². The van der Waals surface area contributed by atoms with Crippen molar-refractivity contribution in [1.29, 1.82) is 0 Å². The molecular formula is C12H13F3N4. The summed E-state index contributed by atoms with van der Waals surface area (Å²) in [6.45, 7) is 0.802. The molecule has 0 aliphatic carbocycles. The highest BCUT2D eigenvalue weighted by Crippen LogP contribution is 2.47. The van der Waals surface area contributed by atoms with Crippen molar-refractivity contribution < 1.29 is 13.2 Å². The van der Waals surface area contributed by atoms with E-state index < -0.39 is 17.4 Å². The van der Waals surface area contributed by atoms with Gasteiger partial charge in [-0.1, -0.05) is 12.1 Å². The van der Waals surface area contributed by atoms with Gasteiger partial charge >= 0.3 is 5.92 Å². The predicted molar refractivity (Wildman–Crippen MR) is 64.2 cm³/mol. The van der Waals surface area contributed by atoms with Crippen molar-refractivity contribution in [2.75, 3.05) is 5.73 Å². The second-order valence-electron chi connectivity index (χ2n) is 4.47. The molecule has 0 bridgehead atoms. The molecule has 0 saturated carbocycles. The molecule has 7 heteroatoms. The smallest absolute Gasteiger partial charge is 0.343 e. The Morgan fingerprint density at radius 1 is 1.26 bits per heavy atom. The van der Waals surface area contributed by atoms with Crippen molar-refractivity contribution in [3.05, 3.63) is 42.0 Å². The van der Waals surface area contributed by atoms with Gasteiger partial charge in [0.05, 0.1) is 0 Å². The molecule has 102 valence electrons. The Morgan fingerprint density at radius 2 is 1.95 bits per heavy atom. The molecule has 2 aromatic rings. The van der Waals surface area contributed by atoms with Crippen molar-refractivity contribution in [3.8, 4) is 0 Å². The molecule has 2 N–H and O–H groups in total. The van der Waals surface area contributed by atoms with Crippen molar-refractivity contribution in [3.63, 3.8) is 0 Å². The Kier molecular flexibility index (Phi) is 3.00. The number of halogens is 3. The largest absolute Gasteiger partial charge is 0.399 e. The highest BCUT2D eigenvalue weighted by atomic mass is 19.3. The molecule has 1 aromatic carbocycles. The molecule has 1 atom stereocenters. The van der Waals surface area contributed by atoms with Crippen LogP contribution in [0.4, 0.5) is 18.9 Å². The number of hydrogen-bond donors (Lipinski definition) is 1. The van der Waals surface area contributed by atoms with Gasteiger partial charge in [-0.3, -0.25) is 0 Å². The van der Waals surface area contributed by atoms with E-state index in [9.17, 15) is 13.2 Å². The molecule has 0 amide bonds. The van der Waals surface area contributed by atoms with E-state index >= 15 is 0 Å². The van der Waals surface area contributed by atoms with Crippen LogP contribution in [-0.2, 0) is 18.6 Å². The first-order valence-electron chi connectivity index (χ1n) is 5.54. The Morgan fingerprint density at radius 3 is 2.47 bits per heavy atom. The zero-order valence-electron chi connectivity index (χ0n) is 10.4. The summed E-state index contributed by atoms with van der Waals surface area (Å²) in [7, 11) is 1.33. The van der Waals surface area contributed by atoms with Crippen LogP contribution in [0.3, 0.4) is 0 Å². The number of aromatic nitrogens is 3. The molecule has 0 radical (unpaired) electrons. The van der Waals surface area contributed by atoms with Crippen LogP contribution in [0.2, 0.25) is 0 Å². The zero-order valence-corrected chi connectivity index (χ0v) is 10.4. The lowest BCUT2D eigenvalue weighted by atomic mass is 9.90. The van der Waals surface area contributed by atoms with Crippen LogP contribution < -0.4 is 5.73 Å². The third-order valence-corrected chi connectivity index (χ3v) is 3.01. The van der Waals surface area contributed by atoms with Crippen LogP contribution in [0.1, 0.15) is 18.3 Å². The first-order chi connectivity index (χ1) is 8.76. The second-order valence-corrected chi connectivity index (χ2v) is 4.47. The Balaban J connectivity index is 2.52. The van der Waals surface area contributed by atoms with E-state index in [1.54, 1.807) is 0 Å². The molecule has 0 aliphatic heterocycles. The quantitative estimate of drug-likeness (QED) is 0.871. The summed E-state index contributed by atoms with van der Waals surface area (Å²) in [5, 5.41) is 6.65. The highest BCUT2D eigenvalue weighted by molar-refractivity contribution is 5.43. The summed E-state index contributed by atoms with van der Waals surface area (Å²) in [6, 6.07) is 5.38. The molecule has 0 spiro atoms. The third-order valence-electron chi connectivity index (χ3n) is 3.01. The predicted octanol–water partition coefficient (Wildman–Crippen LogP) is 2.37. The second kappa shape index (κ2) is 4.25. The van der Waals surface area contributed by atoms with Crippen molar-refractivity contribution in [2.45, 2.75) is 18.5 Å². The van der Waals surface area contributed by atoms with Gasteiger partial charge in [0, 0.05) is 12.7 Å². The number of rotatable bonds is 3. The van der Waals surface area contributed by atoms with Crippen molar-refractivity contribution >= 4 is 5.69 Å². The minimum atomic E-state index is -3.83.